The van der Waals surface area contributed by atoms with E-state index in [4.69, 9.17) is 0 Å². The number of rotatable bonds is 8. The standard InChI is InChI=1S/C26H32N4O2/c1-17(2)15-22(25-29-28-24-9-4-5-14-30(24)25)27-26(32)18(3)20-12-10-19(11-13-20)16-21-7-6-8-23(21)31/h4-5,9-14,17-18,21-22H,6-8,15-16H2,1-3H3,(H,27,32)/t18?,21?,22-/m0/s1. The molecule has 1 aliphatic carbocycles. The van der Waals surface area contributed by atoms with E-state index in [1.54, 1.807) is 0 Å². The fourth-order valence-electron chi connectivity index (χ4n) is 4.58. The number of carbonyl (C=O) groups excluding carboxylic acids is 2. The van der Waals surface area contributed by atoms with Gasteiger partial charge in [0.1, 0.15) is 5.78 Å². The molecule has 2 aromatic heterocycles. The molecular weight excluding hydrogens is 400 g/mol. The van der Waals surface area contributed by atoms with E-state index in [9.17, 15) is 9.59 Å². The second-order valence-corrected chi connectivity index (χ2v) is 9.40. The molecule has 6 heteroatoms. The Hall–Kier alpha value is -3.02. The number of nitrogens with one attached hydrogen (secondary N) is 1. The Morgan fingerprint density at radius 2 is 1.91 bits per heavy atom. The molecule has 0 spiro atoms. The van der Waals surface area contributed by atoms with Crippen LogP contribution < -0.4 is 5.32 Å². The second kappa shape index (κ2) is 9.63. The minimum absolute atomic E-state index is 0.0259. The normalized spacial score (nSPS) is 18.2. The molecule has 3 aromatic rings. The molecule has 1 amide bonds. The molecule has 1 saturated carbocycles. The van der Waals surface area contributed by atoms with Crippen molar-refractivity contribution < 1.29 is 9.59 Å². The third-order valence-electron chi connectivity index (χ3n) is 6.46. The van der Waals surface area contributed by atoms with Gasteiger partial charge in [-0.05, 0) is 61.8 Å². The minimum atomic E-state index is -0.286. The van der Waals surface area contributed by atoms with Gasteiger partial charge in [-0.1, -0.05) is 44.2 Å². The first-order chi connectivity index (χ1) is 15.4. The number of hydrogen-bond donors (Lipinski definition) is 1. The minimum Gasteiger partial charge on any atom is -0.346 e. The van der Waals surface area contributed by atoms with Gasteiger partial charge in [0.25, 0.3) is 0 Å². The van der Waals surface area contributed by atoms with Crippen molar-refractivity contribution in [2.45, 2.75) is 64.8 Å². The molecule has 2 unspecified atom stereocenters. The molecule has 1 aliphatic rings. The zero-order valence-corrected chi connectivity index (χ0v) is 19.1. The van der Waals surface area contributed by atoms with Gasteiger partial charge in [0.2, 0.25) is 5.91 Å². The van der Waals surface area contributed by atoms with Crippen LogP contribution in [0.2, 0.25) is 0 Å². The van der Waals surface area contributed by atoms with E-state index in [1.807, 2.05) is 47.9 Å². The number of pyridine rings is 1. The third-order valence-corrected chi connectivity index (χ3v) is 6.46. The van der Waals surface area contributed by atoms with Crippen molar-refractivity contribution in [2.24, 2.45) is 11.8 Å². The van der Waals surface area contributed by atoms with Crippen molar-refractivity contribution in [3.63, 3.8) is 0 Å². The topological polar surface area (TPSA) is 76.4 Å². The van der Waals surface area contributed by atoms with Crippen molar-refractivity contribution in [2.75, 3.05) is 0 Å². The quantitative estimate of drug-likeness (QED) is 0.562. The molecule has 0 saturated heterocycles. The molecule has 168 valence electrons. The van der Waals surface area contributed by atoms with Crippen LogP contribution in [0.5, 0.6) is 0 Å². The van der Waals surface area contributed by atoms with Crippen LogP contribution in [0, 0.1) is 11.8 Å². The van der Waals surface area contributed by atoms with E-state index < -0.39 is 0 Å². The molecule has 4 rings (SSSR count). The Kier molecular flexibility index (Phi) is 6.68. The lowest BCUT2D eigenvalue weighted by Crippen LogP contribution is -2.33. The maximum atomic E-state index is 13.2. The third kappa shape index (κ3) is 4.90. The van der Waals surface area contributed by atoms with Crippen LogP contribution >= 0.6 is 0 Å². The van der Waals surface area contributed by atoms with Crippen molar-refractivity contribution in [1.82, 2.24) is 19.9 Å². The Morgan fingerprint density at radius 1 is 1.12 bits per heavy atom. The number of Topliss-reactive ketones (excluding diaryl/α,β-unsaturated/α-hetero) is 1. The van der Waals surface area contributed by atoms with E-state index in [1.165, 1.54) is 0 Å². The van der Waals surface area contributed by atoms with Crippen molar-refractivity contribution in [3.8, 4) is 0 Å². The van der Waals surface area contributed by atoms with Gasteiger partial charge in [-0.2, -0.15) is 0 Å². The van der Waals surface area contributed by atoms with Gasteiger partial charge >= 0.3 is 0 Å². The van der Waals surface area contributed by atoms with Crippen LogP contribution in [-0.4, -0.2) is 26.3 Å². The average Bonchev–Trinajstić information content (AvgIpc) is 3.39. The van der Waals surface area contributed by atoms with Crippen LogP contribution in [0.25, 0.3) is 5.65 Å². The Balaban J connectivity index is 1.46. The fraction of sp³-hybridized carbons (Fsp3) is 0.462. The first-order valence-electron chi connectivity index (χ1n) is 11.6. The van der Waals surface area contributed by atoms with Crippen molar-refractivity contribution in [1.29, 1.82) is 0 Å². The van der Waals surface area contributed by atoms with Crippen molar-refractivity contribution >= 4 is 17.3 Å². The summed E-state index contributed by atoms with van der Waals surface area (Å²) in [6.45, 7) is 6.21. The van der Waals surface area contributed by atoms with Crippen LogP contribution in [0.1, 0.15) is 75.4 Å². The van der Waals surface area contributed by atoms with E-state index >= 15 is 0 Å². The Bertz CT molecular complexity index is 1090. The molecule has 0 bridgehead atoms. The Labute approximate surface area is 189 Å². The molecular formula is C26H32N4O2. The van der Waals surface area contributed by atoms with E-state index in [0.29, 0.717) is 11.7 Å². The van der Waals surface area contributed by atoms with Crippen LogP contribution in [-0.2, 0) is 16.0 Å². The van der Waals surface area contributed by atoms with Gasteiger partial charge in [-0.25, -0.2) is 0 Å². The average molecular weight is 433 g/mol. The summed E-state index contributed by atoms with van der Waals surface area (Å²) < 4.78 is 1.94. The second-order valence-electron chi connectivity index (χ2n) is 9.40. The lowest BCUT2D eigenvalue weighted by Gasteiger charge is -2.22. The molecule has 0 aliphatic heterocycles. The van der Waals surface area contributed by atoms with Crippen LogP contribution in [0.4, 0.5) is 0 Å². The predicted molar refractivity (Wildman–Crippen MR) is 124 cm³/mol. The number of hydrogen-bond acceptors (Lipinski definition) is 4. The zero-order valence-electron chi connectivity index (χ0n) is 19.1. The smallest absolute Gasteiger partial charge is 0.227 e. The van der Waals surface area contributed by atoms with E-state index in [0.717, 1.165) is 54.7 Å². The van der Waals surface area contributed by atoms with Gasteiger partial charge in [0.05, 0.1) is 12.0 Å². The summed E-state index contributed by atoms with van der Waals surface area (Å²) in [6.07, 6.45) is 6.24. The lowest BCUT2D eigenvalue weighted by molar-refractivity contribution is -0.123. The van der Waals surface area contributed by atoms with E-state index in [-0.39, 0.29) is 23.8 Å². The highest BCUT2D eigenvalue weighted by molar-refractivity contribution is 5.84. The maximum absolute atomic E-state index is 13.2. The van der Waals surface area contributed by atoms with Crippen molar-refractivity contribution in [3.05, 3.63) is 65.6 Å². The zero-order chi connectivity index (χ0) is 22.7. The molecule has 2 heterocycles. The number of benzene rings is 1. The summed E-state index contributed by atoms with van der Waals surface area (Å²) in [4.78, 5) is 25.1. The summed E-state index contributed by atoms with van der Waals surface area (Å²) in [5.41, 5.74) is 2.91. The monoisotopic (exact) mass is 432 g/mol. The Morgan fingerprint density at radius 3 is 2.59 bits per heavy atom. The number of amides is 1. The fourth-order valence-corrected chi connectivity index (χ4v) is 4.58. The molecule has 0 radical (unpaired) electrons. The van der Waals surface area contributed by atoms with E-state index in [2.05, 4.69) is 41.5 Å². The maximum Gasteiger partial charge on any atom is 0.227 e. The van der Waals surface area contributed by atoms with Gasteiger partial charge in [-0.15, -0.1) is 10.2 Å². The molecule has 1 N–H and O–H groups in total. The molecule has 6 nitrogen and oxygen atoms in total. The van der Waals surface area contributed by atoms with Gasteiger partial charge in [0, 0.05) is 18.5 Å². The molecule has 1 fully saturated rings. The number of nitrogens with zero attached hydrogens (tertiary/aromatic N) is 3. The van der Waals surface area contributed by atoms with Gasteiger partial charge in [0.15, 0.2) is 11.5 Å². The largest absolute Gasteiger partial charge is 0.346 e. The highest BCUT2D eigenvalue weighted by Gasteiger charge is 2.26. The molecule has 3 atom stereocenters. The lowest BCUT2D eigenvalue weighted by atomic mass is 9.93. The summed E-state index contributed by atoms with van der Waals surface area (Å²) in [5.74, 6) is 1.39. The van der Waals surface area contributed by atoms with Crippen LogP contribution in [0.3, 0.4) is 0 Å². The highest BCUT2D eigenvalue weighted by Crippen LogP contribution is 2.27. The number of fused-ring (bicyclic) bond motifs is 1. The molecule has 1 aromatic carbocycles. The molecule has 32 heavy (non-hydrogen) atoms. The summed E-state index contributed by atoms with van der Waals surface area (Å²) in [7, 11) is 0. The number of aromatic nitrogens is 3. The van der Waals surface area contributed by atoms with Gasteiger partial charge < -0.3 is 5.32 Å². The highest BCUT2D eigenvalue weighted by atomic mass is 16.2. The summed E-state index contributed by atoms with van der Waals surface area (Å²) in [5, 5.41) is 11.8. The summed E-state index contributed by atoms with van der Waals surface area (Å²) >= 11 is 0. The predicted octanol–water partition coefficient (Wildman–Crippen LogP) is 4.65. The number of ketones is 1. The van der Waals surface area contributed by atoms with Crippen LogP contribution in [0.15, 0.2) is 48.7 Å². The SMILES string of the molecule is CC(C)C[C@H](NC(=O)C(C)c1ccc(CC2CCCC2=O)cc1)c1nnc2ccccn12. The first-order valence-corrected chi connectivity index (χ1v) is 11.6. The number of carbonyl (C=O) groups is 2. The summed E-state index contributed by atoms with van der Waals surface area (Å²) in [6, 6.07) is 13.7. The van der Waals surface area contributed by atoms with Gasteiger partial charge in [-0.3, -0.25) is 14.0 Å². The first kappa shape index (κ1) is 22.2.